The smallest absolute Gasteiger partial charge is 0.331 e. The van der Waals surface area contributed by atoms with E-state index >= 15 is 0 Å². The van der Waals surface area contributed by atoms with Crippen molar-refractivity contribution in [2.75, 3.05) is 13.2 Å². The van der Waals surface area contributed by atoms with Crippen LogP contribution in [0.4, 0.5) is 9.18 Å². The summed E-state index contributed by atoms with van der Waals surface area (Å²) < 4.78 is 18.7. The molecule has 1 aromatic rings. The van der Waals surface area contributed by atoms with Gasteiger partial charge in [-0.1, -0.05) is 15.9 Å². The molecule has 0 aliphatic rings. The number of carbonyl (C=O) groups excluding carboxylic acids is 3. The van der Waals surface area contributed by atoms with Crippen LogP contribution in [0.25, 0.3) is 6.08 Å². The predicted molar refractivity (Wildman–Crippen MR) is 81.3 cm³/mol. The van der Waals surface area contributed by atoms with Crippen molar-refractivity contribution < 1.29 is 23.5 Å². The highest BCUT2D eigenvalue weighted by atomic mass is 79.9. The van der Waals surface area contributed by atoms with E-state index in [2.05, 4.69) is 26.0 Å². The molecule has 0 atom stereocenters. The van der Waals surface area contributed by atoms with Gasteiger partial charge in [-0.25, -0.2) is 14.0 Å². The van der Waals surface area contributed by atoms with Crippen LogP contribution in [0.5, 0.6) is 0 Å². The van der Waals surface area contributed by atoms with Crippen molar-refractivity contribution in [1.82, 2.24) is 10.6 Å². The highest BCUT2D eigenvalue weighted by Crippen LogP contribution is 2.16. The van der Waals surface area contributed by atoms with E-state index < -0.39 is 30.3 Å². The topological polar surface area (TPSA) is 84.5 Å². The molecular formula is C14H14BrFN2O4. The van der Waals surface area contributed by atoms with Crippen LogP contribution < -0.4 is 10.6 Å². The van der Waals surface area contributed by atoms with E-state index in [9.17, 15) is 18.8 Å². The van der Waals surface area contributed by atoms with Gasteiger partial charge in [0.1, 0.15) is 5.82 Å². The van der Waals surface area contributed by atoms with Gasteiger partial charge in [0.2, 0.25) is 0 Å². The standard InChI is InChI=1S/C14H14BrFN2O4/c1-2-17-14(21)18-12(19)8-22-13(20)6-3-9-7-10(15)4-5-11(9)16/h3-7H,2,8H2,1H3,(H2,17,18,19,21)/b6-3+. The van der Waals surface area contributed by atoms with E-state index in [-0.39, 0.29) is 5.56 Å². The van der Waals surface area contributed by atoms with Crippen molar-refractivity contribution in [3.63, 3.8) is 0 Å². The highest BCUT2D eigenvalue weighted by molar-refractivity contribution is 9.10. The molecule has 0 saturated heterocycles. The fourth-order valence-corrected chi connectivity index (χ4v) is 1.73. The third-order valence-corrected chi connectivity index (χ3v) is 2.79. The summed E-state index contributed by atoms with van der Waals surface area (Å²) >= 11 is 3.18. The van der Waals surface area contributed by atoms with E-state index in [1.165, 1.54) is 24.3 Å². The lowest BCUT2D eigenvalue weighted by atomic mass is 10.2. The third-order valence-electron chi connectivity index (χ3n) is 2.29. The molecule has 1 aromatic carbocycles. The molecule has 0 aliphatic heterocycles. The number of nitrogens with one attached hydrogen (secondary N) is 2. The van der Waals surface area contributed by atoms with Gasteiger partial charge in [-0.3, -0.25) is 10.1 Å². The first-order valence-corrected chi connectivity index (χ1v) is 7.09. The monoisotopic (exact) mass is 372 g/mol. The lowest BCUT2D eigenvalue weighted by molar-refractivity contribution is -0.143. The molecule has 0 bridgehead atoms. The minimum absolute atomic E-state index is 0.193. The molecule has 0 radical (unpaired) electrons. The van der Waals surface area contributed by atoms with Crippen molar-refractivity contribution in [2.45, 2.75) is 6.92 Å². The van der Waals surface area contributed by atoms with Gasteiger partial charge in [-0.05, 0) is 31.2 Å². The Morgan fingerprint density at radius 3 is 2.77 bits per heavy atom. The average molecular weight is 373 g/mol. The van der Waals surface area contributed by atoms with Gasteiger partial charge in [0.25, 0.3) is 5.91 Å². The van der Waals surface area contributed by atoms with Gasteiger partial charge in [-0.15, -0.1) is 0 Å². The molecular weight excluding hydrogens is 359 g/mol. The molecule has 0 saturated carbocycles. The van der Waals surface area contributed by atoms with Crippen LogP contribution in [0.15, 0.2) is 28.7 Å². The molecule has 22 heavy (non-hydrogen) atoms. The molecule has 8 heteroatoms. The van der Waals surface area contributed by atoms with Gasteiger partial charge in [-0.2, -0.15) is 0 Å². The molecule has 6 nitrogen and oxygen atoms in total. The largest absolute Gasteiger partial charge is 0.452 e. The Balaban J connectivity index is 2.46. The Kier molecular flexibility index (Phi) is 7.24. The molecule has 2 N–H and O–H groups in total. The number of ether oxygens (including phenoxy) is 1. The number of carbonyl (C=O) groups is 3. The summed E-state index contributed by atoms with van der Waals surface area (Å²) in [5.74, 6) is -2.09. The zero-order valence-electron chi connectivity index (χ0n) is 11.7. The number of amides is 3. The number of hydrogen-bond donors (Lipinski definition) is 2. The first-order valence-electron chi connectivity index (χ1n) is 6.30. The number of imide groups is 1. The number of hydrogen-bond acceptors (Lipinski definition) is 4. The minimum Gasteiger partial charge on any atom is -0.452 e. The van der Waals surface area contributed by atoms with E-state index in [1.54, 1.807) is 6.92 Å². The van der Waals surface area contributed by atoms with Crippen molar-refractivity contribution >= 4 is 39.9 Å². The van der Waals surface area contributed by atoms with Crippen LogP contribution in [0.1, 0.15) is 12.5 Å². The van der Waals surface area contributed by atoms with Crippen LogP contribution in [0.2, 0.25) is 0 Å². The fourth-order valence-electron chi connectivity index (χ4n) is 1.35. The van der Waals surface area contributed by atoms with Crippen molar-refractivity contribution in [3.8, 4) is 0 Å². The lowest BCUT2D eigenvalue weighted by Crippen LogP contribution is -2.41. The van der Waals surface area contributed by atoms with Gasteiger partial charge >= 0.3 is 12.0 Å². The molecule has 0 aromatic heterocycles. The second-order valence-corrected chi connectivity index (χ2v) is 4.93. The SMILES string of the molecule is CCNC(=O)NC(=O)COC(=O)/C=C/c1cc(Br)ccc1F. The van der Waals surface area contributed by atoms with Crippen molar-refractivity contribution in [3.05, 3.63) is 40.1 Å². The zero-order valence-corrected chi connectivity index (χ0v) is 13.3. The van der Waals surface area contributed by atoms with E-state index in [1.807, 2.05) is 5.32 Å². The summed E-state index contributed by atoms with van der Waals surface area (Å²) in [6, 6.07) is 3.59. The van der Waals surface area contributed by atoms with E-state index in [4.69, 9.17) is 0 Å². The van der Waals surface area contributed by atoms with Crippen LogP contribution >= 0.6 is 15.9 Å². The third kappa shape index (κ3) is 6.49. The maximum Gasteiger partial charge on any atom is 0.331 e. The van der Waals surface area contributed by atoms with Crippen molar-refractivity contribution in [2.24, 2.45) is 0 Å². The van der Waals surface area contributed by atoms with Crippen molar-refractivity contribution in [1.29, 1.82) is 0 Å². The highest BCUT2D eigenvalue weighted by Gasteiger charge is 2.08. The first kappa shape index (κ1) is 17.8. The second kappa shape index (κ2) is 8.93. The number of halogens is 2. The van der Waals surface area contributed by atoms with Gasteiger partial charge < -0.3 is 10.1 Å². The Hall–Kier alpha value is -2.22. The molecule has 3 amide bonds. The molecule has 0 fully saturated rings. The summed E-state index contributed by atoms with van der Waals surface area (Å²) in [4.78, 5) is 33.7. The molecule has 0 unspecified atom stereocenters. The summed E-state index contributed by atoms with van der Waals surface area (Å²) in [6.45, 7) is 1.44. The Labute approximate surface area is 134 Å². The summed E-state index contributed by atoms with van der Waals surface area (Å²) in [5, 5.41) is 4.32. The van der Waals surface area contributed by atoms with Crippen LogP contribution in [0.3, 0.4) is 0 Å². The lowest BCUT2D eigenvalue weighted by Gasteiger charge is -2.04. The van der Waals surface area contributed by atoms with Gasteiger partial charge in [0, 0.05) is 22.7 Å². The number of rotatable bonds is 5. The summed E-state index contributed by atoms with van der Waals surface area (Å²) in [6.07, 6.45) is 2.22. The first-order chi connectivity index (χ1) is 10.4. The Bertz CT molecular complexity index is 605. The van der Waals surface area contributed by atoms with Gasteiger partial charge in [0.15, 0.2) is 6.61 Å². The number of esters is 1. The minimum atomic E-state index is -0.828. The molecule has 0 heterocycles. The summed E-state index contributed by atoms with van der Waals surface area (Å²) in [7, 11) is 0. The maximum atomic E-state index is 13.4. The quantitative estimate of drug-likeness (QED) is 0.611. The Morgan fingerprint density at radius 1 is 1.36 bits per heavy atom. The van der Waals surface area contributed by atoms with Crippen LogP contribution in [-0.2, 0) is 14.3 Å². The number of urea groups is 1. The maximum absolute atomic E-state index is 13.4. The fraction of sp³-hybridized carbons (Fsp3) is 0.214. The molecule has 118 valence electrons. The molecule has 0 aliphatic carbocycles. The normalized spacial score (nSPS) is 10.3. The zero-order chi connectivity index (χ0) is 16.5. The average Bonchev–Trinajstić information content (AvgIpc) is 2.46. The van der Waals surface area contributed by atoms with Gasteiger partial charge in [0.05, 0.1) is 0 Å². The second-order valence-electron chi connectivity index (χ2n) is 4.01. The van der Waals surface area contributed by atoms with Crippen LogP contribution in [0, 0.1) is 5.82 Å². The molecule has 0 spiro atoms. The Morgan fingerprint density at radius 2 is 2.09 bits per heavy atom. The van der Waals surface area contributed by atoms with Crippen LogP contribution in [-0.4, -0.2) is 31.1 Å². The van der Waals surface area contributed by atoms with E-state index in [0.717, 1.165) is 6.08 Å². The predicted octanol–water partition coefficient (Wildman–Crippen LogP) is 1.99. The summed E-state index contributed by atoms with van der Waals surface area (Å²) in [5.41, 5.74) is 0.193. The molecule has 1 rings (SSSR count). The number of benzene rings is 1. The van der Waals surface area contributed by atoms with E-state index in [0.29, 0.717) is 11.0 Å².